The zero-order valence-corrected chi connectivity index (χ0v) is 21.7. The number of halogens is 1. The molecule has 0 spiro atoms. The number of piperazine rings is 1. The normalized spacial score (nSPS) is 15.7. The average molecular weight is 543 g/mol. The van der Waals surface area contributed by atoms with Gasteiger partial charge in [0.1, 0.15) is 0 Å². The molecule has 1 aromatic heterocycles. The smallest absolute Gasteiger partial charge is 0.194 e. The van der Waals surface area contributed by atoms with Gasteiger partial charge in [0.25, 0.3) is 0 Å². The maximum Gasteiger partial charge on any atom is 0.194 e. The Hall–Kier alpha value is -1.23. The Kier molecular flexibility index (Phi) is 10.5. The van der Waals surface area contributed by atoms with E-state index in [4.69, 9.17) is 4.99 Å². The predicted molar refractivity (Wildman–Crippen MR) is 138 cm³/mol. The lowest BCUT2D eigenvalue weighted by atomic mass is 10.1. The third kappa shape index (κ3) is 7.79. The molecule has 0 bridgehead atoms. The number of aromatic nitrogens is 1. The van der Waals surface area contributed by atoms with Crippen molar-refractivity contribution >= 4 is 41.3 Å². The van der Waals surface area contributed by atoms with E-state index in [1.165, 1.54) is 11.1 Å². The van der Waals surface area contributed by atoms with Gasteiger partial charge in [0, 0.05) is 51.7 Å². The van der Waals surface area contributed by atoms with Crippen LogP contribution in [-0.4, -0.2) is 72.5 Å². The van der Waals surface area contributed by atoms with E-state index in [2.05, 4.69) is 75.7 Å². The second-order valence-electron chi connectivity index (χ2n) is 7.78. The highest BCUT2D eigenvalue weighted by molar-refractivity contribution is 14.0. The summed E-state index contributed by atoms with van der Waals surface area (Å²) in [6, 6.07) is 8.92. The molecule has 0 radical (unpaired) electrons. The maximum atomic E-state index is 4.83. The van der Waals surface area contributed by atoms with Crippen LogP contribution in [0.4, 0.5) is 0 Å². The molecule has 0 unspecified atom stereocenters. The monoisotopic (exact) mass is 542 g/mol. The summed E-state index contributed by atoms with van der Waals surface area (Å²) in [7, 11) is 4.26. The van der Waals surface area contributed by atoms with Crippen LogP contribution in [0.1, 0.15) is 28.8 Å². The predicted octanol–water partition coefficient (Wildman–Crippen LogP) is 3.41. The van der Waals surface area contributed by atoms with E-state index >= 15 is 0 Å². The molecule has 1 aromatic carbocycles. The molecule has 1 saturated heterocycles. The number of thiazole rings is 1. The molecule has 30 heavy (non-hydrogen) atoms. The zero-order valence-electron chi connectivity index (χ0n) is 18.6. The van der Waals surface area contributed by atoms with Gasteiger partial charge < -0.3 is 15.1 Å². The number of hydrogen-bond acceptors (Lipinski definition) is 5. The number of aryl methyl sites for hydroxylation is 1. The Morgan fingerprint density at radius 1 is 1.17 bits per heavy atom. The van der Waals surface area contributed by atoms with Gasteiger partial charge in [0.2, 0.25) is 0 Å². The Morgan fingerprint density at radius 2 is 1.83 bits per heavy atom. The number of rotatable bonds is 7. The minimum Gasteiger partial charge on any atom is -0.357 e. The highest BCUT2D eigenvalue weighted by atomic mass is 127. The van der Waals surface area contributed by atoms with Crippen molar-refractivity contribution < 1.29 is 0 Å². The van der Waals surface area contributed by atoms with Crippen molar-refractivity contribution in [3.05, 3.63) is 51.5 Å². The van der Waals surface area contributed by atoms with Gasteiger partial charge >= 0.3 is 0 Å². The lowest BCUT2D eigenvalue weighted by Crippen LogP contribution is -2.43. The number of aliphatic imine (C=N–C) groups is 1. The summed E-state index contributed by atoms with van der Waals surface area (Å²) in [6.45, 7) is 12.1. The summed E-state index contributed by atoms with van der Waals surface area (Å²) in [5.74, 6) is 0.916. The van der Waals surface area contributed by atoms with Gasteiger partial charge in [-0.2, -0.15) is 0 Å². The summed E-state index contributed by atoms with van der Waals surface area (Å²) in [5.41, 5.74) is 3.71. The van der Waals surface area contributed by atoms with E-state index in [9.17, 15) is 0 Å². The zero-order chi connectivity index (χ0) is 20.6. The van der Waals surface area contributed by atoms with Crippen LogP contribution in [-0.2, 0) is 19.6 Å². The molecular weight excluding hydrogens is 507 g/mol. The standard InChI is InChI=1S/C22H34N6S.HI/c1-5-23-22(27(4)16-21-17-29-18(2)25-21)24-14-19-6-8-20(9-7-19)15-28-12-10-26(3)11-13-28;/h6-9,17H,5,10-16H2,1-4H3,(H,23,24);1H. The third-order valence-electron chi connectivity index (χ3n) is 5.20. The van der Waals surface area contributed by atoms with Crippen molar-refractivity contribution in [2.45, 2.75) is 33.5 Å². The topological polar surface area (TPSA) is 47.0 Å². The molecule has 6 nitrogen and oxygen atoms in total. The van der Waals surface area contributed by atoms with Crippen LogP contribution in [0.25, 0.3) is 0 Å². The van der Waals surface area contributed by atoms with Crippen LogP contribution >= 0.6 is 35.3 Å². The molecule has 0 amide bonds. The van der Waals surface area contributed by atoms with Crippen LogP contribution < -0.4 is 5.32 Å². The molecule has 2 heterocycles. The molecule has 0 aliphatic carbocycles. The van der Waals surface area contributed by atoms with Gasteiger partial charge in [-0.3, -0.25) is 4.90 Å². The summed E-state index contributed by atoms with van der Waals surface area (Å²) in [5, 5.41) is 6.61. The Bertz CT molecular complexity index is 783. The van der Waals surface area contributed by atoms with Crippen molar-refractivity contribution in [1.29, 1.82) is 0 Å². The van der Waals surface area contributed by atoms with Gasteiger partial charge in [-0.05, 0) is 32.0 Å². The number of guanidine groups is 1. The highest BCUT2D eigenvalue weighted by Gasteiger charge is 2.13. The molecule has 0 saturated carbocycles. The lowest BCUT2D eigenvalue weighted by Gasteiger charge is -2.32. The van der Waals surface area contributed by atoms with E-state index < -0.39 is 0 Å². The molecule has 2 aromatic rings. The van der Waals surface area contributed by atoms with Crippen LogP contribution in [0.2, 0.25) is 0 Å². The molecule has 8 heteroatoms. The summed E-state index contributed by atoms with van der Waals surface area (Å²) < 4.78 is 0. The number of nitrogens with zero attached hydrogens (tertiary/aromatic N) is 5. The molecular formula is C22H35IN6S. The van der Waals surface area contributed by atoms with Crippen molar-refractivity contribution in [2.75, 3.05) is 46.8 Å². The Morgan fingerprint density at radius 3 is 2.43 bits per heavy atom. The Labute approximate surface area is 202 Å². The minimum atomic E-state index is 0. The summed E-state index contributed by atoms with van der Waals surface area (Å²) in [6.07, 6.45) is 0. The van der Waals surface area contributed by atoms with E-state index in [-0.39, 0.29) is 24.0 Å². The van der Waals surface area contributed by atoms with Crippen molar-refractivity contribution in [1.82, 2.24) is 25.0 Å². The van der Waals surface area contributed by atoms with E-state index in [1.807, 2.05) is 6.92 Å². The van der Waals surface area contributed by atoms with Crippen molar-refractivity contribution in [3.63, 3.8) is 0 Å². The van der Waals surface area contributed by atoms with Gasteiger partial charge in [-0.25, -0.2) is 9.98 Å². The summed E-state index contributed by atoms with van der Waals surface area (Å²) in [4.78, 5) is 16.5. The van der Waals surface area contributed by atoms with Crippen LogP contribution in [0.15, 0.2) is 34.6 Å². The van der Waals surface area contributed by atoms with Crippen LogP contribution in [0.5, 0.6) is 0 Å². The van der Waals surface area contributed by atoms with Gasteiger partial charge in [0.15, 0.2) is 5.96 Å². The molecule has 1 fully saturated rings. The molecule has 1 aliphatic rings. The second kappa shape index (κ2) is 12.6. The fraction of sp³-hybridized carbons (Fsp3) is 0.545. The van der Waals surface area contributed by atoms with Gasteiger partial charge in [-0.1, -0.05) is 24.3 Å². The fourth-order valence-corrected chi connectivity index (χ4v) is 4.05. The number of likely N-dealkylation sites (N-methyl/N-ethyl adjacent to an activating group) is 1. The summed E-state index contributed by atoms with van der Waals surface area (Å²) >= 11 is 1.69. The average Bonchev–Trinajstić information content (AvgIpc) is 3.12. The largest absolute Gasteiger partial charge is 0.357 e. The fourth-order valence-electron chi connectivity index (χ4n) is 3.45. The molecule has 1 N–H and O–H groups in total. The van der Waals surface area contributed by atoms with Crippen LogP contribution in [0, 0.1) is 6.92 Å². The highest BCUT2D eigenvalue weighted by Crippen LogP contribution is 2.12. The van der Waals surface area contributed by atoms with Gasteiger partial charge in [-0.15, -0.1) is 35.3 Å². The number of nitrogens with one attached hydrogen (secondary N) is 1. The number of hydrogen-bond donors (Lipinski definition) is 1. The quantitative estimate of drug-likeness (QED) is 0.330. The van der Waals surface area contributed by atoms with Crippen molar-refractivity contribution in [2.24, 2.45) is 4.99 Å². The van der Waals surface area contributed by atoms with Gasteiger partial charge in [0.05, 0.1) is 23.8 Å². The van der Waals surface area contributed by atoms with E-state index in [0.29, 0.717) is 6.54 Å². The first-order valence-electron chi connectivity index (χ1n) is 10.4. The molecule has 1 aliphatic heterocycles. The molecule has 166 valence electrons. The maximum absolute atomic E-state index is 4.83. The van der Waals surface area contributed by atoms with Crippen molar-refractivity contribution in [3.8, 4) is 0 Å². The SMILES string of the molecule is CCNC(=NCc1ccc(CN2CCN(C)CC2)cc1)N(C)Cc1csc(C)n1.I. The second-order valence-corrected chi connectivity index (χ2v) is 8.84. The van der Waals surface area contributed by atoms with E-state index in [0.717, 1.165) is 62.5 Å². The minimum absolute atomic E-state index is 0. The molecule has 3 rings (SSSR count). The first-order valence-corrected chi connectivity index (χ1v) is 11.3. The van der Waals surface area contributed by atoms with Crippen LogP contribution in [0.3, 0.4) is 0 Å². The van der Waals surface area contributed by atoms with E-state index in [1.54, 1.807) is 11.3 Å². The lowest BCUT2D eigenvalue weighted by molar-refractivity contribution is 0.148. The first-order chi connectivity index (χ1) is 14.0. The third-order valence-corrected chi connectivity index (χ3v) is 6.02. The first kappa shape index (κ1) is 25.0. The Balaban J connectivity index is 0.00000320. The number of benzene rings is 1. The molecule has 0 atom stereocenters.